The molecule has 1 unspecified atom stereocenters. The molecule has 0 fully saturated rings. The van der Waals surface area contributed by atoms with Gasteiger partial charge in [-0.1, -0.05) is 12.1 Å². The smallest absolute Gasteiger partial charge is 0.134 e. The maximum absolute atomic E-state index is 13.5. The lowest BCUT2D eigenvalue weighted by Gasteiger charge is -2.05. The molecule has 1 aromatic heterocycles. The van der Waals surface area contributed by atoms with E-state index in [1.54, 1.807) is 19.9 Å². The Morgan fingerprint density at radius 2 is 2.10 bits per heavy atom. The van der Waals surface area contributed by atoms with Crippen molar-refractivity contribution in [2.75, 3.05) is 6.54 Å². The molecular weight excluding hydrogens is 257 g/mol. The third kappa shape index (κ3) is 3.68. The summed E-state index contributed by atoms with van der Waals surface area (Å²) in [6, 6.07) is 8.71. The number of aliphatic hydroxyl groups is 1. The molecule has 0 amide bonds. The van der Waals surface area contributed by atoms with E-state index in [1.165, 1.54) is 6.07 Å². The van der Waals surface area contributed by atoms with Gasteiger partial charge in [0.05, 0.1) is 12.6 Å². The van der Waals surface area contributed by atoms with Crippen molar-refractivity contribution < 1.29 is 13.9 Å². The summed E-state index contributed by atoms with van der Waals surface area (Å²) in [5.41, 5.74) is 1.37. The number of aliphatic hydroxyl groups excluding tert-OH is 1. The summed E-state index contributed by atoms with van der Waals surface area (Å²) in [5, 5.41) is 12.4. The summed E-state index contributed by atoms with van der Waals surface area (Å²) in [5.74, 6) is 1.25. The van der Waals surface area contributed by atoms with Crippen molar-refractivity contribution in [2.45, 2.75) is 32.9 Å². The predicted octanol–water partition coefficient (Wildman–Crippen LogP) is 3.25. The van der Waals surface area contributed by atoms with Gasteiger partial charge in [0.25, 0.3) is 0 Å². The fourth-order valence-electron chi connectivity index (χ4n) is 2.01. The maximum atomic E-state index is 13.5. The third-order valence-corrected chi connectivity index (χ3v) is 3.23. The van der Waals surface area contributed by atoms with Crippen LogP contribution in [0.1, 0.15) is 24.7 Å². The molecule has 0 saturated heterocycles. The average Bonchev–Trinajstić information content (AvgIpc) is 2.86. The first kappa shape index (κ1) is 14.8. The quantitative estimate of drug-likeness (QED) is 0.797. The maximum Gasteiger partial charge on any atom is 0.134 e. The highest BCUT2D eigenvalue weighted by Crippen LogP contribution is 2.26. The summed E-state index contributed by atoms with van der Waals surface area (Å²) in [4.78, 5) is 0. The molecule has 3 nitrogen and oxygen atoms in total. The first-order chi connectivity index (χ1) is 9.58. The number of hydrogen-bond acceptors (Lipinski definition) is 3. The molecule has 0 aliphatic carbocycles. The van der Waals surface area contributed by atoms with Crippen molar-refractivity contribution in [1.29, 1.82) is 0 Å². The normalized spacial score (nSPS) is 12.6. The Kier molecular flexibility index (Phi) is 4.93. The molecule has 2 rings (SSSR count). The van der Waals surface area contributed by atoms with Crippen molar-refractivity contribution in [1.82, 2.24) is 5.32 Å². The highest BCUT2D eigenvalue weighted by atomic mass is 19.1. The summed E-state index contributed by atoms with van der Waals surface area (Å²) in [7, 11) is 0. The number of benzene rings is 1. The SMILES string of the molecule is Cc1c(F)cccc1-c1ccc(CNCCC(C)O)o1. The van der Waals surface area contributed by atoms with Gasteiger partial charge < -0.3 is 14.8 Å². The predicted molar refractivity (Wildman–Crippen MR) is 76.8 cm³/mol. The Labute approximate surface area is 118 Å². The minimum absolute atomic E-state index is 0.226. The summed E-state index contributed by atoms with van der Waals surface area (Å²) >= 11 is 0. The Hall–Kier alpha value is -1.65. The van der Waals surface area contributed by atoms with Crippen molar-refractivity contribution in [3.8, 4) is 11.3 Å². The van der Waals surface area contributed by atoms with Gasteiger partial charge in [-0.05, 0) is 50.6 Å². The second kappa shape index (κ2) is 6.68. The van der Waals surface area contributed by atoms with Gasteiger partial charge in [-0.2, -0.15) is 0 Å². The Morgan fingerprint density at radius 3 is 2.85 bits per heavy atom. The molecule has 0 saturated carbocycles. The fourth-order valence-corrected chi connectivity index (χ4v) is 2.01. The lowest BCUT2D eigenvalue weighted by Crippen LogP contribution is -2.18. The largest absolute Gasteiger partial charge is 0.460 e. The molecule has 4 heteroatoms. The molecular formula is C16H20FNO2. The Balaban J connectivity index is 2.00. The Morgan fingerprint density at radius 1 is 1.30 bits per heavy atom. The molecule has 0 aliphatic heterocycles. The van der Waals surface area contributed by atoms with E-state index in [4.69, 9.17) is 9.52 Å². The monoisotopic (exact) mass is 277 g/mol. The van der Waals surface area contributed by atoms with Crippen LogP contribution in [0, 0.1) is 12.7 Å². The topological polar surface area (TPSA) is 45.4 Å². The van der Waals surface area contributed by atoms with Gasteiger partial charge in [-0.3, -0.25) is 0 Å². The molecule has 20 heavy (non-hydrogen) atoms. The minimum atomic E-state index is -0.301. The number of rotatable bonds is 6. The molecule has 1 aromatic carbocycles. The van der Waals surface area contributed by atoms with Crippen LogP contribution in [-0.4, -0.2) is 17.8 Å². The highest BCUT2D eigenvalue weighted by molar-refractivity contribution is 5.62. The van der Waals surface area contributed by atoms with Crippen LogP contribution in [0.2, 0.25) is 0 Å². The first-order valence-electron chi connectivity index (χ1n) is 6.81. The van der Waals surface area contributed by atoms with Gasteiger partial charge in [0.2, 0.25) is 0 Å². The zero-order chi connectivity index (χ0) is 14.5. The van der Waals surface area contributed by atoms with E-state index in [-0.39, 0.29) is 11.9 Å². The summed E-state index contributed by atoms with van der Waals surface area (Å²) in [6.45, 7) is 4.83. The summed E-state index contributed by atoms with van der Waals surface area (Å²) < 4.78 is 19.2. The Bertz CT molecular complexity index is 563. The molecule has 0 aliphatic rings. The standard InChI is InChI=1S/C16H20FNO2/c1-11(19)8-9-18-10-13-6-7-16(20-13)14-4-3-5-15(17)12(14)2/h3-7,11,18-19H,8-10H2,1-2H3. The van der Waals surface area contributed by atoms with Crippen LogP contribution in [-0.2, 0) is 6.54 Å². The van der Waals surface area contributed by atoms with Crippen LogP contribution in [0.5, 0.6) is 0 Å². The van der Waals surface area contributed by atoms with Gasteiger partial charge in [-0.15, -0.1) is 0 Å². The second-order valence-electron chi connectivity index (χ2n) is 4.99. The van der Waals surface area contributed by atoms with Gasteiger partial charge in [0, 0.05) is 5.56 Å². The minimum Gasteiger partial charge on any atom is -0.460 e. The van der Waals surface area contributed by atoms with E-state index in [0.29, 0.717) is 24.3 Å². The molecule has 0 radical (unpaired) electrons. The highest BCUT2D eigenvalue weighted by Gasteiger charge is 2.10. The molecule has 1 heterocycles. The average molecular weight is 277 g/mol. The molecule has 2 N–H and O–H groups in total. The van der Waals surface area contributed by atoms with Crippen LogP contribution in [0.15, 0.2) is 34.7 Å². The molecule has 108 valence electrons. The fraction of sp³-hybridized carbons (Fsp3) is 0.375. The van der Waals surface area contributed by atoms with Gasteiger partial charge >= 0.3 is 0 Å². The van der Waals surface area contributed by atoms with Crippen LogP contribution >= 0.6 is 0 Å². The number of furan rings is 1. The van der Waals surface area contributed by atoms with Crippen LogP contribution < -0.4 is 5.32 Å². The first-order valence-corrected chi connectivity index (χ1v) is 6.81. The lowest BCUT2D eigenvalue weighted by atomic mass is 10.1. The van der Waals surface area contributed by atoms with E-state index in [1.807, 2.05) is 18.2 Å². The zero-order valence-electron chi connectivity index (χ0n) is 11.8. The second-order valence-corrected chi connectivity index (χ2v) is 4.99. The van der Waals surface area contributed by atoms with E-state index in [0.717, 1.165) is 17.9 Å². The van der Waals surface area contributed by atoms with Crippen molar-refractivity contribution in [2.24, 2.45) is 0 Å². The third-order valence-electron chi connectivity index (χ3n) is 3.23. The van der Waals surface area contributed by atoms with E-state index >= 15 is 0 Å². The van der Waals surface area contributed by atoms with Gasteiger partial charge in [0.15, 0.2) is 0 Å². The zero-order valence-corrected chi connectivity index (χ0v) is 11.8. The van der Waals surface area contributed by atoms with Crippen LogP contribution in [0.4, 0.5) is 4.39 Å². The number of halogens is 1. The van der Waals surface area contributed by atoms with E-state index in [9.17, 15) is 4.39 Å². The van der Waals surface area contributed by atoms with Crippen molar-refractivity contribution >= 4 is 0 Å². The van der Waals surface area contributed by atoms with E-state index < -0.39 is 0 Å². The van der Waals surface area contributed by atoms with Crippen molar-refractivity contribution in [3.05, 3.63) is 47.5 Å². The van der Waals surface area contributed by atoms with Gasteiger partial charge in [-0.25, -0.2) is 4.39 Å². The van der Waals surface area contributed by atoms with Gasteiger partial charge in [0.1, 0.15) is 17.3 Å². The summed E-state index contributed by atoms with van der Waals surface area (Å²) in [6.07, 6.45) is 0.404. The molecule has 0 bridgehead atoms. The number of nitrogens with one attached hydrogen (secondary N) is 1. The van der Waals surface area contributed by atoms with E-state index in [2.05, 4.69) is 5.32 Å². The molecule has 0 spiro atoms. The van der Waals surface area contributed by atoms with Crippen molar-refractivity contribution in [3.63, 3.8) is 0 Å². The number of hydrogen-bond donors (Lipinski definition) is 2. The molecule has 1 atom stereocenters. The molecule has 2 aromatic rings. The lowest BCUT2D eigenvalue weighted by molar-refractivity contribution is 0.183. The van der Waals surface area contributed by atoms with Crippen LogP contribution in [0.3, 0.4) is 0 Å². The van der Waals surface area contributed by atoms with Crippen LogP contribution in [0.25, 0.3) is 11.3 Å².